The highest BCUT2D eigenvalue weighted by atomic mass is 16.3. The summed E-state index contributed by atoms with van der Waals surface area (Å²) in [4.78, 5) is 0. The van der Waals surface area contributed by atoms with Crippen molar-refractivity contribution < 1.29 is 10.2 Å². The Morgan fingerprint density at radius 3 is 2.00 bits per heavy atom. The lowest BCUT2D eigenvalue weighted by atomic mass is 10.0. The number of nitrogens with one attached hydrogen (secondary N) is 2. The smallest absolute Gasteiger partial charge is 0.0965 e. The number of aliphatic hydroxyl groups excluding tert-OH is 2. The zero-order valence-corrected chi connectivity index (χ0v) is 16.7. The van der Waals surface area contributed by atoms with E-state index in [-0.39, 0.29) is 12.6 Å². The van der Waals surface area contributed by atoms with E-state index < -0.39 is 6.10 Å². The Morgan fingerprint density at radius 2 is 1.48 bits per heavy atom. The molecule has 0 radical (unpaired) electrons. The zero-order chi connectivity index (χ0) is 18.9. The average Bonchev–Trinajstić information content (AvgIpc) is 2.61. The minimum absolute atomic E-state index is 0.0601. The van der Waals surface area contributed by atoms with Gasteiger partial charge in [-0.25, -0.2) is 0 Å². The molecule has 0 unspecified atom stereocenters. The Bertz CT molecular complexity index is 395. The second-order valence-electron chi connectivity index (χ2n) is 6.57. The van der Waals surface area contributed by atoms with Crippen LogP contribution in [0.4, 0.5) is 0 Å². The van der Waals surface area contributed by atoms with E-state index in [1.54, 1.807) is 0 Å². The van der Waals surface area contributed by atoms with Crippen LogP contribution in [0.1, 0.15) is 70.1 Å². The highest BCUT2D eigenvalue weighted by Gasteiger charge is 2.19. The summed E-state index contributed by atoms with van der Waals surface area (Å²) in [5, 5.41) is 26.4. The molecule has 1 aromatic rings. The molecule has 0 aliphatic rings. The molecule has 1 aromatic carbocycles. The summed E-state index contributed by atoms with van der Waals surface area (Å²) in [6.07, 6.45) is 5.27. The van der Waals surface area contributed by atoms with Crippen molar-refractivity contribution in [3.63, 3.8) is 0 Å². The van der Waals surface area contributed by atoms with Gasteiger partial charge in [0, 0.05) is 0 Å². The Balaban J connectivity index is 0.00000178. The van der Waals surface area contributed by atoms with Gasteiger partial charge in [0.15, 0.2) is 0 Å². The fourth-order valence-electron chi connectivity index (χ4n) is 2.46. The minimum Gasteiger partial charge on any atom is -0.395 e. The molecule has 2 atom stereocenters. The normalized spacial score (nSPS) is 13.0. The van der Waals surface area contributed by atoms with Crippen molar-refractivity contribution in [3.05, 3.63) is 35.4 Å². The van der Waals surface area contributed by atoms with Crippen molar-refractivity contribution in [1.29, 1.82) is 0 Å². The van der Waals surface area contributed by atoms with E-state index in [1.807, 2.05) is 31.2 Å². The van der Waals surface area contributed by atoms with Crippen LogP contribution in [-0.2, 0) is 0 Å². The highest BCUT2D eigenvalue weighted by molar-refractivity contribution is 5.24. The van der Waals surface area contributed by atoms with Crippen LogP contribution in [0.5, 0.6) is 0 Å². The Labute approximate surface area is 155 Å². The van der Waals surface area contributed by atoms with Gasteiger partial charge in [-0.2, -0.15) is 0 Å². The standard InChI is InChI=1S/C18H32N2O2.C3H8/c1-3-19-12-6-4-5-7-13-20-17(14-21)18(22)16-10-8-15(2)9-11-16;1-3-2/h8-11,17-22H,3-7,12-14H2,1-2H3;3H2,1-2H3/t17-,18-;/m1./s1. The molecule has 0 heterocycles. The molecule has 4 heteroatoms. The fourth-order valence-corrected chi connectivity index (χ4v) is 2.46. The number of aliphatic hydroxyl groups is 2. The van der Waals surface area contributed by atoms with Crippen LogP contribution in [0, 0.1) is 6.92 Å². The maximum absolute atomic E-state index is 10.3. The highest BCUT2D eigenvalue weighted by Crippen LogP contribution is 2.17. The van der Waals surface area contributed by atoms with Crippen molar-refractivity contribution in [3.8, 4) is 0 Å². The molecule has 0 spiro atoms. The molecule has 0 aliphatic carbocycles. The van der Waals surface area contributed by atoms with Crippen molar-refractivity contribution in [2.75, 3.05) is 26.2 Å². The van der Waals surface area contributed by atoms with Gasteiger partial charge in [-0.15, -0.1) is 0 Å². The Kier molecular flexibility index (Phi) is 15.9. The van der Waals surface area contributed by atoms with E-state index in [0.717, 1.165) is 31.6 Å². The van der Waals surface area contributed by atoms with Crippen LogP contribution in [0.2, 0.25) is 0 Å². The molecule has 0 aliphatic heterocycles. The third-order valence-corrected chi connectivity index (χ3v) is 3.93. The predicted molar refractivity (Wildman–Crippen MR) is 108 cm³/mol. The van der Waals surface area contributed by atoms with Gasteiger partial charge in [-0.1, -0.05) is 69.9 Å². The zero-order valence-electron chi connectivity index (χ0n) is 16.7. The van der Waals surface area contributed by atoms with Gasteiger partial charge in [0.1, 0.15) is 0 Å². The lowest BCUT2D eigenvalue weighted by molar-refractivity contribution is 0.0899. The van der Waals surface area contributed by atoms with E-state index in [9.17, 15) is 10.2 Å². The molecular weight excluding hydrogens is 312 g/mol. The number of hydrogen-bond acceptors (Lipinski definition) is 4. The van der Waals surface area contributed by atoms with Gasteiger partial charge < -0.3 is 20.8 Å². The lowest BCUT2D eigenvalue weighted by Crippen LogP contribution is -2.38. The van der Waals surface area contributed by atoms with Gasteiger partial charge in [-0.3, -0.25) is 0 Å². The maximum Gasteiger partial charge on any atom is 0.0965 e. The molecule has 146 valence electrons. The van der Waals surface area contributed by atoms with Gasteiger partial charge in [0.2, 0.25) is 0 Å². The van der Waals surface area contributed by atoms with Gasteiger partial charge in [-0.05, 0) is 45.0 Å². The van der Waals surface area contributed by atoms with Crippen molar-refractivity contribution in [1.82, 2.24) is 10.6 Å². The molecular formula is C21H40N2O2. The molecule has 0 saturated carbocycles. The Morgan fingerprint density at radius 1 is 0.920 bits per heavy atom. The first kappa shape index (κ1) is 24.1. The second kappa shape index (κ2) is 16.5. The van der Waals surface area contributed by atoms with E-state index in [1.165, 1.54) is 31.2 Å². The summed E-state index contributed by atoms with van der Waals surface area (Å²) in [6, 6.07) is 7.51. The molecule has 0 bridgehead atoms. The summed E-state index contributed by atoms with van der Waals surface area (Å²) < 4.78 is 0. The van der Waals surface area contributed by atoms with Crippen molar-refractivity contribution in [2.45, 2.75) is 71.9 Å². The molecule has 1 rings (SSSR count). The molecule has 4 nitrogen and oxygen atoms in total. The van der Waals surface area contributed by atoms with Crippen LogP contribution in [0.15, 0.2) is 24.3 Å². The quantitative estimate of drug-likeness (QED) is 0.434. The van der Waals surface area contributed by atoms with Crippen LogP contribution < -0.4 is 10.6 Å². The van der Waals surface area contributed by atoms with Gasteiger partial charge >= 0.3 is 0 Å². The maximum atomic E-state index is 10.3. The minimum atomic E-state index is -0.667. The summed E-state index contributed by atoms with van der Waals surface area (Å²) in [5.41, 5.74) is 2.02. The van der Waals surface area contributed by atoms with Gasteiger partial charge in [0.05, 0.1) is 18.8 Å². The van der Waals surface area contributed by atoms with E-state index >= 15 is 0 Å². The fraction of sp³-hybridized carbons (Fsp3) is 0.714. The largest absolute Gasteiger partial charge is 0.395 e. The predicted octanol–water partition coefficient (Wildman–Crippen LogP) is 3.57. The molecule has 0 fully saturated rings. The van der Waals surface area contributed by atoms with E-state index in [4.69, 9.17) is 0 Å². The molecule has 25 heavy (non-hydrogen) atoms. The molecule has 0 amide bonds. The summed E-state index contributed by atoms with van der Waals surface area (Å²) in [7, 11) is 0. The Hall–Kier alpha value is -0.940. The van der Waals surface area contributed by atoms with E-state index in [2.05, 4.69) is 31.4 Å². The number of benzene rings is 1. The summed E-state index contributed by atoms with van der Waals surface area (Å²) in [6.45, 7) is 11.3. The average molecular weight is 353 g/mol. The third-order valence-electron chi connectivity index (χ3n) is 3.93. The summed E-state index contributed by atoms with van der Waals surface area (Å²) in [5.74, 6) is 0. The number of hydrogen-bond donors (Lipinski definition) is 4. The van der Waals surface area contributed by atoms with Crippen LogP contribution in [0.25, 0.3) is 0 Å². The van der Waals surface area contributed by atoms with Crippen molar-refractivity contribution >= 4 is 0 Å². The van der Waals surface area contributed by atoms with Crippen LogP contribution in [-0.4, -0.2) is 42.5 Å². The van der Waals surface area contributed by atoms with Gasteiger partial charge in [0.25, 0.3) is 0 Å². The first-order valence-electron chi connectivity index (χ1n) is 9.90. The second-order valence-corrected chi connectivity index (χ2v) is 6.57. The molecule has 4 N–H and O–H groups in total. The van der Waals surface area contributed by atoms with Crippen LogP contribution >= 0.6 is 0 Å². The third kappa shape index (κ3) is 12.1. The number of aryl methyl sites for hydroxylation is 1. The molecule has 0 saturated heterocycles. The summed E-state index contributed by atoms with van der Waals surface area (Å²) >= 11 is 0. The number of unbranched alkanes of at least 4 members (excludes halogenated alkanes) is 3. The SMILES string of the molecule is CCC.CCNCCCCCCN[C@H](CO)[C@H](O)c1ccc(C)cc1. The van der Waals surface area contributed by atoms with Crippen molar-refractivity contribution in [2.24, 2.45) is 0 Å². The van der Waals surface area contributed by atoms with E-state index in [0.29, 0.717) is 0 Å². The first-order chi connectivity index (χ1) is 12.1. The number of rotatable bonds is 12. The topological polar surface area (TPSA) is 64.5 Å². The molecule has 0 aromatic heterocycles. The van der Waals surface area contributed by atoms with Crippen LogP contribution in [0.3, 0.4) is 0 Å². The lowest BCUT2D eigenvalue weighted by Gasteiger charge is -2.23. The first-order valence-corrected chi connectivity index (χ1v) is 9.90. The monoisotopic (exact) mass is 352 g/mol.